The number of aromatic nitrogens is 1. The molecule has 2 rings (SSSR count). The van der Waals surface area contributed by atoms with E-state index < -0.39 is 5.97 Å². The first-order valence-electron chi connectivity index (χ1n) is 6.66. The number of pyridine rings is 1. The Morgan fingerprint density at radius 1 is 1.53 bits per heavy atom. The van der Waals surface area contributed by atoms with Gasteiger partial charge in [-0.3, -0.25) is 0 Å². The molecule has 4 nitrogen and oxygen atoms in total. The van der Waals surface area contributed by atoms with E-state index >= 15 is 0 Å². The van der Waals surface area contributed by atoms with Gasteiger partial charge in [-0.1, -0.05) is 25.4 Å². The molecule has 1 aliphatic rings. The van der Waals surface area contributed by atoms with Crippen LogP contribution >= 0.6 is 11.6 Å². The standard InChI is InChI=1S/C14H19ClN2O2/c1-3-14(4-2)6-8-17(9-14)12-11(15)10(13(18)19)5-7-16-12/h5,7H,3-4,6,8-9H2,1-2H3,(H,18,19). The molecule has 19 heavy (non-hydrogen) atoms. The average Bonchev–Trinajstić information content (AvgIpc) is 2.83. The molecular weight excluding hydrogens is 264 g/mol. The van der Waals surface area contributed by atoms with Crippen molar-refractivity contribution in [3.05, 3.63) is 22.8 Å². The van der Waals surface area contributed by atoms with Gasteiger partial charge in [-0.25, -0.2) is 9.78 Å². The zero-order valence-electron chi connectivity index (χ0n) is 11.3. The number of hydrogen-bond acceptors (Lipinski definition) is 3. The molecular formula is C14H19ClN2O2. The molecule has 0 bridgehead atoms. The van der Waals surface area contributed by atoms with Gasteiger partial charge >= 0.3 is 5.97 Å². The van der Waals surface area contributed by atoms with Crippen LogP contribution in [0.2, 0.25) is 5.02 Å². The highest BCUT2D eigenvalue weighted by atomic mass is 35.5. The highest BCUT2D eigenvalue weighted by molar-refractivity contribution is 6.35. The van der Waals surface area contributed by atoms with Gasteiger partial charge in [0.2, 0.25) is 0 Å². The molecule has 1 aromatic rings. The summed E-state index contributed by atoms with van der Waals surface area (Å²) >= 11 is 6.18. The van der Waals surface area contributed by atoms with E-state index in [1.165, 1.54) is 12.3 Å². The lowest BCUT2D eigenvalue weighted by atomic mass is 9.82. The highest BCUT2D eigenvalue weighted by Gasteiger charge is 2.36. The van der Waals surface area contributed by atoms with Crippen LogP contribution in [0.3, 0.4) is 0 Å². The summed E-state index contributed by atoms with van der Waals surface area (Å²) in [5.41, 5.74) is 0.432. The van der Waals surface area contributed by atoms with Gasteiger partial charge in [-0.05, 0) is 30.7 Å². The molecule has 0 aliphatic carbocycles. The Kier molecular flexibility index (Phi) is 3.99. The molecule has 1 N–H and O–H groups in total. The number of carbonyl (C=O) groups is 1. The van der Waals surface area contributed by atoms with Crippen LogP contribution in [-0.4, -0.2) is 29.1 Å². The smallest absolute Gasteiger partial charge is 0.337 e. The van der Waals surface area contributed by atoms with Crippen LogP contribution in [0, 0.1) is 5.41 Å². The van der Waals surface area contributed by atoms with E-state index in [9.17, 15) is 4.79 Å². The summed E-state index contributed by atoms with van der Waals surface area (Å²) in [6.45, 7) is 6.19. The minimum Gasteiger partial charge on any atom is -0.478 e. The van der Waals surface area contributed by atoms with Crippen LogP contribution in [-0.2, 0) is 0 Å². The molecule has 1 aliphatic heterocycles. The Morgan fingerprint density at radius 3 is 2.74 bits per heavy atom. The maximum absolute atomic E-state index is 11.1. The van der Waals surface area contributed by atoms with Gasteiger partial charge in [0.05, 0.1) is 10.6 Å². The van der Waals surface area contributed by atoms with Gasteiger partial charge in [0.15, 0.2) is 0 Å². The van der Waals surface area contributed by atoms with Crippen LogP contribution in [0.1, 0.15) is 43.5 Å². The number of halogens is 1. The minimum absolute atomic E-state index is 0.122. The van der Waals surface area contributed by atoms with Crippen LogP contribution in [0.25, 0.3) is 0 Å². The monoisotopic (exact) mass is 282 g/mol. The Labute approximate surface area is 118 Å². The number of aromatic carboxylic acids is 1. The van der Waals surface area contributed by atoms with Crippen molar-refractivity contribution in [1.29, 1.82) is 0 Å². The molecule has 0 unspecified atom stereocenters. The number of carboxylic acid groups (broad SMARTS) is 1. The third-order valence-corrected chi connectivity index (χ3v) is 4.71. The van der Waals surface area contributed by atoms with Crippen LogP contribution in [0.5, 0.6) is 0 Å². The summed E-state index contributed by atoms with van der Waals surface area (Å²) in [7, 11) is 0. The van der Waals surface area contributed by atoms with Crippen molar-refractivity contribution in [2.24, 2.45) is 5.41 Å². The molecule has 2 heterocycles. The predicted molar refractivity (Wildman–Crippen MR) is 76.1 cm³/mol. The van der Waals surface area contributed by atoms with Crippen molar-refractivity contribution in [2.75, 3.05) is 18.0 Å². The summed E-state index contributed by atoms with van der Waals surface area (Å²) in [4.78, 5) is 17.5. The summed E-state index contributed by atoms with van der Waals surface area (Å²) in [6, 6.07) is 1.44. The number of anilines is 1. The maximum Gasteiger partial charge on any atom is 0.337 e. The molecule has 0 saturated carbocycles. The first kappa shape index (κ1) is 14.1. The van der Waals surface area contributed by atoms with E-state index in [0.717, 1.165) is 32.4 Å². The summed E-state index contributed by atoms with van der Waals surface area (Å²) in [5.74, 6) is -0.407. The Balaban J connectivity index is 2.30. The largest absolute Gasteiger partial charge is 0.478 e. The van der Waals surface area contributed by atoms with Crippen molar-refractivity contribution >= 4 is 23.4 Å². The fourth-order valence-corrected chi connectivity index (χ4v) is 3.07. The van der Waals surface area contributed by atoms with Crippen molar-refractivity contribution in [1.82, 2.24) is 4.98 Å². The van der Waals surface area contributed by atoms with Crippen molar-refractivity contribution in [3.8, 4) is 0 Å². The topological polar surface area (TPSA) is 53.4 Å². The number of hydrogen-bond donors (Lipinski definition) is 1. The molecule has 0 spiro atoms. The maximum atomic E-state index is 11.1. The SMILES string of the molecule is CCC1(CC)CCN(c2nccc(C(=O)O)c2Cl)C1. The zero-order chi connectivity index (χ0) is 14.0. The van der Waals surface area contributed by atoms with Gasteiger partial charge in [-0.15, -0.1) is 0 Å². The van der Waals surface area contributed by atoms with E-state index in [4.69, 9.17) is 16.7 Å². The van der Waals surface area contributed by atoms with Gasteiger partial charge in [0, 0.05) is 19.3 Å². The molecule has 5 heteroatoms. The summed E-state index contributed by atoms with van der Waals surface area (Å²) < 4.78 is 0. The van der Waals surface area contributed by atoms with Gasteiger partial charge in [-0.2, -0.15) is 0 Å². The number of carboxylic acids is 1. The fraction of sp³-hybridized carbons (Fsp3) is 0.571. The van der Waals surface area contributed by atoms with Gasteiger partial charge in [0.25, 0.3) is 0 Å². The molecule has 0 radical (unpaired) electrons. The van der Waals surface area contributed by atoms with Gasteiger partial charge in [0.1, 0.15) is 5.82 Å². The second kappa shape index (κ2) is 5.37. The van der Waals surface area contributed by atoms with E-state index in [2.05, 4.69) is 23.7 Å². The van der Waals surface area contributed by atoms with Crippen molar-refractivity contribution in [3.63, 3.8) is 0 Å². The van der Waals surface area contributed by atoms with E-state index in [1.807, 2.05) is 0 Å². The lowest BCUT2D eigenvalue weighted by Crippen LogP contribution is -2.27. The Hall–Kier alpha value is -1.29. The number of nitrogens with zero attached hydrogens (tertiary/aromatic N) is 2. The Bertz CT molecular complexity index is 486. The third kappa shape index (κ3) is 2.54. The molecule has 1 fully saturated rings. The van der Waals surface area contributed by atoms with Gasteiger partial charge < -0.3 is 10.0 Å². The molecule has 104 valence electrons. The second-order valence-electron chi connectivity index (χ2n) is 5.18. The van der Waals surface area contributed by atoms with Crippen molar-refractivity contribution < 1.29 is 9.90 Å². The predicted octanol–water partition coefficient (Wildman–Crippen LogP) is 3.45. The molecule has 0 amide bonds. The molecule has 1 saturated heterocycles. The third-order valence-electron chi connectivity index (χ3n) is 4.34. The molecule has 0 aromatic carbocycles. The van der Waals surface area contributed by atoms with Crippen LogP contribution in [0.4, 0.5) is 5.82 Å². The van der Waals surface area contributed by atoms with Crippen LogP contribution < -0.4 is 4.90 Å². The van der Waals surface area contributed by atoms with Crippen LogP contribution in [0.15, 0.2) is 12.3 Å². The minimum atomic E-state index is -1.01. The van der Waals surface area contributed by atoms with E-state index in [-0.39, 0.29) is 10.6 Å². The Morgan fingerprint density at radius 2 is 2.21 bits per heavy atom. The summed E-state index contributed by atoms with van der Waals surface area (Å²) in [6.07, 6.45) is 4.87. The number of rotatable bonds is 4. The highest BCUT2D eigenvalue weighted by Crippen LogP contribution is 2.40. The van der Waals surface area contributed by atoms with E-state index in [0.29, 0.717) is 11.2 Å². The van der Waals surface area contributed by atoms with E-state index in [1.54, 1.807) is 0 Å². The molecule has 0 atom stereocenters. The second-order valence-corrected chi connectivity index (χ2v) is 5.56. The quantitative estimate of drug-likeness (QED) is 0.919. The fourth-order valence-electron chi connectivity index (χ4n) is 2.76. The lowest BCUT2D eigenvalue weighted by molar-refractivity contribution is 0.0697. The van der Waals surface area contributed by atoms with Crippen molar-refractivity contribution in [2.45, 2.75) is 33.1 Å². The molecule has 1 aromatic heterocycles. The zero-order valence-corrected chi connectivity index (χ0v) is 12.1. The lowest BCUT2D eigenvalue weighted by Gasteiger charge is -2.27. The first-order chi connectivity index (χ1) is 9.03. The first-order valence-corrected chi connectivity index (χ1v) is 7.03. The average molecular weight is 283 g/mol. The summed E-state index contributed by atoms with van der Waals surface area (Å²) in [5, 5.41) is 9.35. The normalized spacial score (nSPS) is 17.7.